The van der Waals surface area contributed by atoms with E-state index in [1.165, 1.54) is 0 Å². The molecule has 0 saturated carbocycles. The van der Waals surface area contributed by atoms with Crippen molar-refractivity contribution in [3.8, 4) is 5.75 Å². The molecule has 120 valence electrons. The predicted octanol–water partition coefficient (Wildman–Crippen LogP) is 1.90. The van der Waals surface area contributed by atoms with Crippen LogP contribution in [0.4, 0.5) is 0 Å². The van der Waals surface area contributed by atoms with Gasteiger partial charge < -0.3 is 19.9 Å². The number of nitrogens with one attached hydrogen (secondary N) is 1. The summed E-state index contributed by atoms with van der Waals surface area (Å²) in [6, 6.07) is 6.39. The summed E-state index contributed by atoms with van der Waals surface area (Å²) in [4.78, 5) is 23.5. The van der Waals surface area contributed by atoms with E-state index in [9.17, 15) is 9.59 Å². The van der Waals surface area contributed by atoms with Gasteiger partial charge in [0.25, 0.3) is 5.91 Å². The minimum Gasteiger partial charge on any atom is -0.497 e. The SMILES string of the molecule is COc1ccc(C(CC(=O)O)NC(=O)C2(C)CCCO2)cc1. The van der Waals surface area contributed by atoms with Gasteiger partial charge in [-0.1, -0.05) is 12.1 Å². The molecule has 6 nitrogen and oxygen atoms in total. The highest BCUT2D eigenvalue weighted by Crippen LogP contribution is 2.27. The molecule has 1 fully saturated rings. The molecule has 2 atom stereocenters. The smallest absolute Gasteiger partial charge is 0.305 e. The van der Waals surface area contributed by atoms with Crippen molar-refractivity contribution in [2.75, 3.05) is 13.7 Å². The number of rotatable bonds is 6. The van der Waals surface area contributed by atoms with Crippen LogP contribution in [-0.4, -0.2) is 36.3 Å². The quantitative estimate of drug-likeness (QED) is 0.838. The molecule has 1 saturated heterocycles. The molecule has 0 bridgehead atoms. The van der Waals surface area contributed by atoms with Crippen molar-refractivity contribution in [3.63, 3.8) is 0 Å². The molecule has 0 aliphatic carbocycles. The normalized spacial score (nSPS) is 22.1. The van der Waals surface area contributed by atoms with Crippen LogP contribution in [0.2, 0.25) is 0 Å². The lowest BCUT2D eigenvalue weighted by Gasteiger charge is -2.26. The fraction of sp³-hybridized carbons (Fsp3) is 0.500. The number of amides is 1. The Bertz CT molecular complexity index is 534. The van der Waals surface area contributed by atoms with Gasteiger partial charge in [0.05, 0.1) is 19.6 Å². The number of hydrogen-bond donors (Lipinski definition) is 2. The largest absolute Gasteiger partial charge is 0.497 e. The van der Waals surface area contributed by atoms with Gasteiger partial charge in [-0.3, -0.25) is 9.59 Å². The molecule has 0 radical (unpaired) electrons. The molecule has 1 aliphatic heterocycles. The van der Waals surface area contributed by atoms with Gasteiger partial charge >= 0.3 is 5.97 Å². The molecule has 1 heterocycles. The zero-order chi connectivity index (χ0) is 16.2. The van der Waals surface area contributed by atoms with E-state index in [4.69, 9.17) is 14.6 Å². The van der Waals surface area contributed by atoms with Crippen LogP contribution in [0.5, 0.6) is 5.75 Å². The summed E-state index contributed by atoms with van der Waals surface area (Å²) >= 11 is 0. The maximum Gasteiger partial charge on any atom is 0.305 e. The zero-order valence-corrected chi connectivity index (χ0v) is 12.8. The van der Waals surface area contributed by atoms with Crippen LogP contribution < -0.4 is 10.1 Å². The van der Waals surface area contributed by atoms with Gasteiger partial charge in [0.2, 0.25) is 0 Å². The molecule has 1 amide bonds. The number of aliphatic carboxylic acids is 1. The van der Waals surface area contributed by atoms with Crippen LogP contribution in [0.3, 0.4) is 0 Å². The molecule has 2 N–H and O–H groups in total. The van der Waals surface area contributed by atoms with Crippen LogP contribution in [0.25, 0.3) is 0 Å². The number of methoxy groups -OCH3 is 1. The van der Waals surface area contributed by atoms with Gasteiger partial charge in [-0.15, -0.1) is 0 Å². The first-order chi connectivity index (χ1) is 10.4. The van der Waals surface area contributed by atoms with E-state index in [1.54, 1.807) is 38.3 Å². The molecular formula is C16H21NO5. The van der Waals surface area contributed by atoms with Crippen molar-refractivity contribution >= 4 is 11.9 Å². The molecule has 0 aromatic heterocycles. The monoisotopic (exact) mass is 307 g/mol. The van der Waals surface area contributed by atoms with Crippen LogP contribution in [0.1, 0.15) is 37.8 Å². The van der Waals surface area contributed by atoms with E-state index < -0.39 is 17.6 Å². The number of carboxylic acids is 1. The number of carbonyl (C=O) groups is 2. The first-order valence-corrected chi connectivity index (χ1v) is 7.25. The molecule has 1 aliphatic rings. The molecule has 2 rings (SSSR count). The minimum absolute atomic E-state index is 0.186. The lowest BCUT2D eigenvalue weighted by atomic mass is 9.98. The Labute approximate surface area is 129 Å². The highest BCUT2D eigenvalue weighted by atomic mass is 16.5. The average molecular weight is 307 g/mol. The standard InChI is InChI=1S/C16H21NO5/c1-16(8-3-9-22-16)15(20)17-13(10-14(18)19)11-4-6-12(21-2)7-5-11/h4-7,13H,3,8-10H2,1-2H3,(H,17,20)(H,18,19). The van der Waals surface area contributed by atoms with E-state index in [0.29, 0.717) is 18.8 Å². The Morgan fingerprint density at radius 2 is 2.09 bits per heavy atom. The van der Waals surface area contributed by atoms with Gasteiger partial charge in [0.15, 0.2) is 0 Å². The van der Waals surface area contributed by atoms with Crippen LogP contribution in [-0.2, 0) is 14.3 Å². The second-order valence-corrected chi connectivity index (χ2v) is 5.58. The van der Waals surface area contributed by atoms with Gasteiger partial charge in [-0.2, -0.15) is 0 Å². The van der Waals surface area contributed by atoms with Crippen LogP contribution >= 0.6 is 0 Å². The van der Waals surface area contributed by atoms with E-state index in [-0.39, 0.29) is 12.3 Å². The third kappa shape index (κ3) is 3.76. The van der Waals surface area contributed by atoms with Crippen molar-refractivity contribution in [3.05, 3.63) is 29.8 Å². The maximum absolute atomic E-state index is 12.4. The number of carboxylic acid groups (broad SMARTS) is 1. The van der Waals surface area contributed by atoms with Gasteiger partial charge in [-0.05, 0) is 37.5 Å². The average Bonchev–Trinajstić information content (AvgIpc) is 2.94. The molecule has 1 aromatic carbocycles. The molecule has 6 heteroatoms. The summed E-state index contributed by atoms with van der Waals surface area (Å²) in [5.74, 6) is -0.569. The van der Waals surface area contributed by atoms with Crippen molar-refractivity contribution in [1.82, 2.24) is 5.32 Å². The topological polar surface area (TPSA) is 84.9 Å². The molecule has 1 aromatic rings. The van der Waals surface area contributed by atoms with Crippen molar-refractivity contribution in [2.45, 2.75) is 37.8 Å². The first kappa shape index (κ1) is 16.3. The Morgan fingerprint density at radius 1 is 1.41 bits per heavy atom. The van der Waals surface area contributed by atoms with Crippen molar-refractivity contribution in [1.29, 1.82) is 0 Å². The Morgan fingerprint density at radius 3 is 2.59 bits per heavy atom. The second kappa shape index (κ2) is 6.79. The second-order valence-electron chi connectivity index (χ2n) is 5.58. The summed E-state index contributed by atoms with van der Waals surface area (Å²) in [5.41, 5.74) is -0.151. The Balaban J connectivity index is 2.14. The summed E-state index contributed by atoms with van der Waals surface area (Å²) in [7, 11) is 1.56. The lowest BCUT2D eigenvalue weighted by molar-refractivity contribution is -0.141. The molecule has 0 spiro atoms. The minimum atomic E-state index is -0.974. The van der Waals surface area contributed by atoms with Gasteiger partial charge in [0, 0.05) is 6.61 Å². The number of ether oxygens (including phenoxy) is 2. The molecular weight excluding hydrogens is 286 g/mol. The third-order valence-electron chi connectivity index (χ3n) is 3.90. The van der Waals surface area contributed by atoms with Crippen LogP contribution in [0, 0.1) is 0 Å². The van der Waals surface area contributed by atoms with Crippen LogP contribution in [0.15, 0.2) is 24.3 Å². The highest BCUT2D eigenvalue weighted by molar-refractivity contribution is 5.86. The molecule has 22 heavy (non-hydrogen) atoms. The van der Waals surface area contributed by atoms with Gasteiger partial charge in [0.1, 0.15) is 11.4 Å². The number of benzene rings is 1. The van der Waals surface area contributed by atoms with Gasteiger partial charge in [-0.25, -0.2) is 0 Å². The van der Waals surface area contributed by atoms with E-state index in [1.807, 2.05) is 0 Å². The zero-order valence-electron chi connectivity index (χ0n) is 12.8. The summed E-state index contributed by atoms with van der Waals surface area (Å²) in [6.07, 6.45) is 1.28. The summed E-state index contributed by atoms with van der Waals surface area (Å²) in [6.45, 7) is 2.29. The van der Waals surface area contributed by atoms with Crippen molar-refractivity contribution < 1.29 is 24.2 Å². The fourth-order valence-corrected chi connectivity index (χ4v) is 2.53. The number of hydrogen-bond acceptors (Lipinski definition) is 4. The summed E-state index contributed by atoms with van der Waals surface area (Å²) in [5, 5.41) is 11.9. The number of carbonyl (C=O) groups excluding carboxylic acids is 1. The fourth-order valence-electron chi connectivity index (χ4n) is 2.53. The van der Waals surface area contributed by atoms with E-state index >= 15 is 0 Å². The Hall–Kier alpha value is -2.08. The van der Waals surface area contributed by atoms with Crippen molar-refractivity contribution in [2.24, 2.45) is 0 Å². The molecule has 2 unspecified atom stereocenters. The third-order valence-corrected chi connectivity index (χ3v) is 3.90. The maximum atomic E-state index is 12.4. The lowest BCUT2D eigenvalue weighted by Crippen LogP contribution is -2.45. The summed E-state index contributed by atoms with van der Waals surface area (Å²) < 4.78 is 10.6. The van der Waals surface area contributed by atoms with E-state index in [2.05, 4.69) is 5.32 Å². The highest BCUT2D eigenvalue weighted by Gasteiger charge is 2.38. The predicted molar refractivity (Wildman–Crippen MR) is 79.7 cm³/mol. The first-order valence-electron chi connectivity index (χ1n) is 7.25. The van der Waals surface area contributed by atoms with E-state index in [0.717, 1.165) is 12.0 Å². The Kier molecular flexibility index (Phi) is 5.03.